The van der Waals surface area contributed by atoms with Crippen molar-refractivity contribution in [2.75, 3.05) is 18.0 Å². The van der Waals surface area contributed by atoms with Gasteiger partial charge in [-0.3, -0.25) is 14.3 Å². The van der Waals surface area contributed by atoms with Gasteiger partial charge in [0.25, 0.3) is 5.56 Å². The van der Waals surface area contributed by atoms with Crippen LogP contribution >= 0.6 is 0 Å². The van der Waals surface area contributed by atoms with Gasteiger partial charge in [-0.1, -0.05) is 12.1 Å². The number of nitrogens with one attached hydrogen (secondary N) is 1. The molecule has 1 saturated heterocycles. The highest BCUT2D eigenvalue weighted by Gasteiger charge is 2.22. The maximum Gasteiger partial charge on any atom is 0.253 e. The molecule has 1 aromatic carbocycles. The van der Waals surface area contributed by atoms with Crippen molar-refractivity contribution in [1.82, 2.24) is 24.5 Å². The van der Waals surface area contributed by atoms with Crippen LogP contribution in [0.15, 0.2) is 66.0 Å². The van der Waals surface area contributed by atoms with Crippen LogP contribution in [0, 0.1) is 5.92 Å². The first-order chi connectivity index (χ1) is 14.3. The van der Waals surface area contributed by atoms with E-state index in [0.29, 0.717) is 18.2 Å². The van der Waals surface area contributed by atoms with Gasteiger partial charge in [0, 0.05) is 43.7 Å². The fourth-order valence-electron chi connectivity index (χ4n) is 3.94. The van der Waals surface area contributed by atoms with Gasteiger partial charge in [-0.15, -0.1) is 0 Å². The number of rotatable bonds is 4. The maximum atomic E-state index is 12.6. The van der Waals surface area contributed by atoms with Crippen LogP contribution < -0.4 is 10.5 Å². The summed E-state index contributed by atoms with van der Waals surface area (Å²) >= 11 is 0. The summed E-state index contributed by atoms with van der Waals surface area (Å²) in [6.07, 6.45) is 7.13. The molecule has 1 N–H and O–H groups in total. The lowest BCUT2D eigenvalue weighted by atomic mass is 9.97. The zero-order chi connectivity index (χ0) is 19.6. The molecule has 1 aliphatic rings. The number of para-hydroxylation sites is 2. The number of aromatic nitrogens is 5. The van der Waals surface area contributed by atoms with Gasteiger partial charge in [-0.05, 0) is 43.0 Å². The van der Waals surface area contributed by atoms with Crippen LogP contribution in [0.5, 0.6) is 0 Å². The van der Waals surface area contributed by atoms with Gasteiger partial charge in [-0.25, -0.2) is 9.97 Å². The lowest BCUT2D eigenvalue weighted by Crippen LogP contribution is -2.36. The molecule has 146 valence electrons. The monoisotopic (exact) mass is 386 g/mol. The largest absolute Gasteiger partial charge is 0.342 e. The quantitative estimate of drug-likeness (QED) is 0.583. The van der Waals surface area contributed by atoms with Gasteiger partial charge >= 0.3 is 0 Å². The SMILES string of the molecule is O=c1cc(-c2ccncc2)ncn1CC1CCN(c2nc3ccccc3[nH]2)CC1. The standard InChI is InChI=1S/C22H22N6O/c29-21-13-20(17-5-9-23-10-6-17)24-15-28(21)14-16-7-11-27(12-8-16)22-25-18-3-1-2-4-19(18)26-22/h1-6,9-10,13,15-16H,7-8,11-12,14H2,(H,25,26). The van der Waals surface area contributed by atoms with Crippen molar-refractivity contribution in [3.05, 3.63) is 71.5 Å². The van der Waals surface area contributed by atoms with Crippen LogP contribution in [0.2, 0.25) is 0 Å². The smallest absolute Gasteiger partial charge is 0.253 e. The summed E-state index contributed by atoms with van der Waals surface area (Å²) in [6.45, 7) is 2.57. The van der Waals surface area contributed by atoms with Crippen molar-refractivity contribution in [1.29, 1.82) is 0 Å². The lowest BCUT2D eigenvalue weighted by molar-refractivity contribution is 0.349. The van der Waals surface area contributed by atoms with E-state index in [-0.39, 0.29) is 5.56 Å². The van der Waals surface area contributed by atoms with Gasteiger partial charge < -0.3 is 9.88 Å². The zero-order valence-corrected chi connectivity index (χ0v) is 16.0. The fourth-order valence-corrected chi connectivity index (χ4v) is 3.94. The lowest BCUT2D eigenvalue weighted by Gasteiger charge is -2.31. The third-order valence-electron chi connectivity index (χ3n) is 5.60. The second-order valence-electron chi connectivity index (χ2n) is 7.51. The Morgan fingerprint density at radius 1 is 1.07 bits per heavy atom. The molecule has 4 heterocycles. The molecular weight excluding hydrogens is 364 g/mol. The van der Waals surface area contributed by atoms with Crippen LogP contribution in [-0.2, 0) is 6.54 Å². The van der Waals surface area contributed by atoms with Gasteiger partial charge in [0.2, 0.25) is 5.95 Å². The van der Waals surface area contributed by atoms with E-state index >= 15 is 0 Å². The van der Waals surface area contributed by atoms with Crippen LogP contribution in [0.1, 0.15) is 12.8 Å². The van der Waals surface area contributed by atoms with E-state index in [4.69, 9.17) is 4.98 Å². The summed E-state index contributed by atoms with van der Waals surface area (Å²) in [4.78, 5) is 31.4. The number of pyridine rings is 1. The van der Waals surface area contributed by atoms with Crippen LogP contribution in [-0.4, -0.2) is 37.6 Å². The molecule has 1 aliphatic heterocycles. The molecule has 5 rings (SSSR count). The number of hydrogen-bond acceptors (Lipinski definition) is 5. The molecule has 29 heavy (non-hydrogen) atoms. The average molecular weight is 386 g/mol. The van der Waals surface area contributed by atoms with Crippen molar-refractivity contribution in [2.45, 2.75) is 19.4 Å². The molecule has 0 bridgehead atoms. The Morgan fingerprint density at radius 3 is 2.62 bits per heavy atom. The predicted octanol–water partition coefficient (Wildman–Crippen LogP) is 3.10. The topological polar surface area (TPSA) is 79.7 Å². The van der Waals surface area contributed by atoms with Crippen molar-refractivity contribution < 1.29 is 0 Å². The summed E-state index contributed by atoms with van der Waals surface area (Å²) in [7, 11) is 0. The molecule has 0 radical (unpaired) electrons. The van der Waals surface area contributed by atoms with E-state index in [1.165, 1.54) is 0 Å². The molecule has 7 heteroatoms. The van der Waals surface area contributed by atoms with Crippen LogP contribution in [0.4, 0.5) is 5.95 Å². The molecule has 0 amide bonds. The summed E-state index contributed by atoms with van der Waals surface area (Å²) in [5.74, 6) is 1.40. The molecule has 1 fully saturated rings. The Balaban J connectivity index is 1.24. The second kappa shape index (κ2) is 7.50. The van der Waals surface area contributed by atoms with Crippen molar-refractivity contribution in [3.8, 4) is 11.3 Å². The number of benzene rings is 1. The minimum absolute atomic E-state index is 0.00785. The number of anilines is 1. The molecule has 0 aliphatic carbocycles. The third-order valence-corrected chi connectivity index (χ3v) is 5.60. The minimum atomic E-state index is -0.00785. The van der Waals surface area contributed by atoms with E-state index in [9.17, 15) is 4.79 Å². The number of fused-ring (bicyclic) bond motifs is 1. The Hall–Kier alpha value is -3.48. The Labute approximate surface area is 168 Å². The van der Waals surface area contributed by atoms with E-state index < -0.39 is 0 Å². The fraction of sp³-hybridized carbons (Fsp3) is 0.273. The van der Waals surface area contributed by atoms with Crippen molar-refractivity contribution >= 4 is 17.0 Å². The summed E-state index contributed by atoms with van der Waals surface area (Å²) in [6, 6.07) is 13.4. The highest BCUT2D eigenvalue weighted by molar-refractivity contribution is 5.77. The summed E-state index contributed by atoms with van der Waals surface area (Å²) in [5, 5.41) is 0. The highest BCUT2D eigenvalue weighted by atomic mass is 16.1. The Kier molecular flexibility index (Phi) is 4.56. The van der Waals surface area contributed by atoms with E-state index in [1.807, 2.05) is 36.4 Å². The Morgan fingerprint density at radius 2 is 1.86 bits per heavy atom. The first-order valence-electron chi connectivity index (χ1n) is 9.93. The van der Waals surface area contributed by atoms with E-state index in [2.05, 4.69) is 19.9 Å². The third kappa shape index (κ3) is 3.63. The molecule has 0 saturated carbocycles. The average Bonchev–Trinajstić information content (AvgIpc) is 3.20. The molecule has 0 spiro atoms. The molecule has 3 aromatic heterocycles. The van der Waals surface area contributed by atoms with Gasteiger partial charge in [-0.2, -0.15) is 0 Å². The molecular formula is C22H22N6O. The molecule has 0 atom stereocenters. The number of nitrogens with zero attached hydrogens (tertiary/aromatic N) is 5. The maximum absolute atomic E-state index is 12.6. The summed E-state index contributed by atoms with van der Waals surface area (Å²) in [5.41, 5.74) is 3.65. The van der Waals surface area contributed by atoms with Crippen molar-refractivity contribution in [2.24, 2.45) is 5.92 Å². The zero-order valence-electron chi connectivity index (χ0n) is 16.0. The van der Waals surface area contributed by atoms with Crippen LogP contribution in [0.25, 0.3) is 22.3 Å². The molecule has 0 unspecified atom stereocenters. The van der Waals surface area contributed by atoms with Gasteiger partial charge in [0.1, 0.15) is 0 Å². The first kappa shape index (κ1) is 17.6. The number of piperidine rings is 1. The van der Waals surface area contributed by atoms with Crippen LogP contribution in [0.3, 0.4) is 0 Å². The van der Waals surface area contributed by atoms with Crippen molar-refractivity contribution in [3.63, 3.8) is 0 Å². The van der Waals surface area contributed by atoms with E-state index in [0.717, 1.165) is 48.5 Å². The predicted molar refractivity (Wildman–Crippen MR) is 113 cm³/mol. The number of imidazole rings is 1. The number of hydrogen-bond donors (Lipinski definition) is 1. The highest BCUT2D eigenvalue weighted by Crippen LogP contribution is 2.24. The number of H-pyrrole nitrogens is 1. The van der Waals surface area contributed by atoms with E-state index in [1.54, 1.807) is 29.4 Å². The molecule has 7 nitrogen and oxygen atoms in total. The van der Waals surface area contributed by atoms with Gasteiger partial charge in [0.15, 0.2) is 0 Å². The van der Waals surface area contributed by atoms with Gasteiger partial charge in [0.05, 0.1) is 23.1 Å². The minimum Gasteiger partial charge on any atom is -0.342 e. The second-order valence-corrected chi connectivity index (χ2v) is 7.51. The first-order valence-corrected chi connectivity index (χ1v) is 9.93. The normalized spacial score (nSPS) is 15.1. The summed E-state index contributed by atoms with van der Waals surface area (Å²) < 4.78 is 1.73. The number of aromatic amines is 1. The molecule has 4 aromatic rings. The Bertz CT molecular complexity index is 1140.